The average Bonchev–Trinajstić information content (AvgIpc) is 3.06. The Labute approximate surface area is 148 Å². The van der Waals surface area contributed by atoms with Crippen LogP contribution in [0.5, 0.6) is 0 Å². The quantitative estimate of drug-likeness (QED) is 0.862. The number of rotatable bonds is 6. The number of nitrogens with zero attached hydrogens (tertiary/aromatic N) is 1. The fourth-order valence-corrected chi connectivity index (χ4v) is 4.18. The number of nitrogens with one attached hydrogen (secondary N) is 1. The number of carbonyl (C=O) groups excluding carboxylic acids is 1. The van der Waals surface area contributed by atoms with Crippen molar-refractivity contribution in [1.82, 2.24) is 5.32 Å². The van der Waals surface area contributed by atoms with Crippen molar-refractivity contribution in [2.45, 2.75) is 19.8 Å². The third kappa shape index (κ3) is 3.85. The second kappa shape index (κ2) is 7.27. The second-order valence-electron chi connectivity index (χ2n) is 6.06. The van der Waals surface area contributed by atoms with Crippen molar-refractivity contribution in [3.63, 3.8) is 0 Å². The topological polar surface area (TPSA) is 66.5 Å². The lowest BCUT2D eigenvalue weighted by Crippen LogP contribution is -2.30. The fourth-order valence-electron chi connectivity index (χ4n) is 3.02. The van der Waals surface area contributed by atoms with E-state index in [0.29, 0.717) is 30.8 Å². The summed E-state index contributed by atoms with van der Waals surface area (Å²) in [5, 5.41) is 2.92. The zero-order chi connectivity index (χ0) is 17.9. The van der Waals surface area contributed by atoms with Gasteiger partial charge >= 0.3 is 0 Å². The van der Waals surface area contributed by atoms with E-state index in [1.54, 1.807) is 25.1 Å². The molecule has 0 saturated carbocycles. The van der Waals surface area contributed by atoms with Crippen LogP contribution in [0.25, 0.3) is 0 Å². The average molecular weight is 358 g/mol. The molecule has 2 aromatic rings. The van der Waals surface area contributed by atoms with Crippen molar-refractivity contribution in [3.05, 3.63) is 65.2 Å². The van der Waals surface area contributed by atoms with Crippen LogP contribution in [0.4, 0.5) is 5.69 Å². The molecule has 0 bridgehead atoms. The molecule has 132 valence electrons. The molecule has 0 fully saturated rings. The molecule has 1 aliphatic rings. The molecular weight excluding hydrogens is 336 g/mol. The Balaban J connectivity index is 1.65. The molecule has 0 aliphatic carbocycles. The number of fused-ring (bicyclic) bond motifs is 1. The number of benzene rings is 2. The van der Waals surface area contributed by atoms with Gasteiger partial charge in [-0.25, -0.2) is 8.42 Å². The van der Waals surface area contributed by atoms with Crippen LogP contribution in [0, 0.1) is 0 Å². The van der Waals surface area contributed by atoms with Crippen molar-refractivity contribution in [2.75, 3.05) is 23.1 Å². The Hall–Kier alpha value is -2.34. The Morgan fingerprint density at radius 3 is 2.64 bits per heavy atom. The van der Waals surface area contributed by atoms with Gasteiger partial charge in [-0.05, 0) is 49.1 Å². The van der Waals surface area contributed by atoms with E-state index in [1.165, 1.54) is 9.87 Å². The first-order valence-corrected chi connectivity index (χ1v) is 10.1. The SMILES string of the molecule is CCS(=O)(=O)N1CCc2cc(C(=O)NCCc3ccccc3)ccc21. The van der Waals surface area contributed by atoms with Crippen LogP contribution in [-0.2, 0) is 22.9 Å². The Morgan fingerprint density at radius 2 is 1.92 bits per heavy atom. The number of sulfonamides is 1. The van der Waals surface area contributed by atoms with Crippen LogP contribution >= 0.6 is 0 Å². The van der Waals surface area contributed by atoms with E-state index < -0.39 is 10.0 Å². The highest BCUT2D eigenvalue weighted by Crippen LogP contribution is 2.31. The maximum atomic E-state index is 12.3. The molecule has 5 nitrogen and oxygen atoms in total. The van der Waals surface area contributed by atoms with Gasteiger partial charge in [0.15, 0.2) is 0 Å². The predicted molar refractivity (Wildman–Crippen MR) is 99.4 cm³/mol. The first-order valence-electron chi connectivity index (χ1n) is 8.47. The van der Waals surface area contributed by atoms with E-state index in [-0.39, 0.29) is 11.7 Å². The van der Waals surface area contributed by atoms with Gasteiger partial charge in [0.25, 0.3) is 5.91 Å². The minimum absolute atomic E-state index is 0.0775. The number of hydrogen-bond acceptors (Lipinski definition) is 3. The number of hydrogen-bond donors (Lipinski definition) is 1. The first-order chi connectivity index (χ1) is 12.0. The lowest BCUT2D eigenvalue weighted by Gasteiger charge is -2.18. The molecule has 1 amide bonds. The van der Waals surface area contributed by atoms with Gasteiger partial charge in [0.1, 0.15) is 0 Å². The van der Waals surface area contributed by atoms with Gasteiger partial charge in [-0.15, -0.1) is 0 Å². The molecule has 3 rings (SSSR count). The van der Waals surface area contributed by atoms with Crippen LogP contribution in [-0.4, -0.2) is 33.2 Å². The fraction of sp³-hybridized carbons (Fsp3) is 0.316. The van der Waals surface area contributed by atoms with Crippen molar-refractivity contribution >= 4 is 21.6 Å². The lowest BCUT2D eigenvalue weighted by atomic mass is 10.1. The molecule has 1 N–H and O–H groups in total. The van der Waals surface area contributed by atoms with Crippen molar-refractivity contribution in [3.8, 4) is 0 Å². The van der Waals surface area contributed by atoms with Gasteiger partial charge in [0, 0.05) is 18.7 Å². The monoisotopic (exact) mass is 358 g/mol. The molecule has 1 aliphatic heterocycles. The summed E-state index contributed by atoms with van der Waals surface area (Å²) in [6, 6.07) is 15.2. The maximum Gasteiger partial charge on any atom is 0.251 e. The highest BCUT2D eigenvalue weighted by molar-refractivity contribution is 7.92. The maximum absolute atomic E-state index is 12.3. The molecule has 1 heterocycles. The molecule has 25 heavy (non-hydrogen) atoms. The van der Waals surface area contributed by atoms with Crippen molar-refractivity contribution in [2.24, 2.45) is 0 Å². The third-order valence-electron chi connectivity index (χ3n) is 4.44. The number of carbonyl (C=O) groups is 1. The van der Waals surface area contributed by atoms with E-state index in [9.17, 15) is 13.2 Å². The number of amides is 1. The van der Waals surface area contributed by atoms with Gasteiger partial charge in [0.2, 0.25) is 10.0 Å². The summed E-state index contributed by atoms with van der Waals surface area (Å²) in [6.07, 6.45) is 1.42. The molecule has 2 aromatic carbocycles. The molecular formula is C19H22N2O3S. The van der Waals surface area contributed by atoms with E-state index >= 15 is 0 Å². The predicted octanol–water partition coefficient (Wildman–Crippen LogP) is 2.37. The van der Waals surface area contributed by atoms with Crippen molar-refractivity contribution in [1.29, 1.82) is 0 Å². The van der Waals surface area contributed by atoms with Crippen LogP contribution in [0.15, 0.2) is 48.5 Å². The van der Waals surface area contributed by atoms with Gasteiger partial charge in [-0.1, -0.05) is 30.3 Å². The highest BCUT2D eigenvalue weighted by atomic mass is 32.2. The third-order valence-corrected chi connectivity index (χ3v) is 6.22. The molecule has 0 atom stereocenters. The highest BCUT2D eigenvalue weighted by Gasteiger charge is 2.28. The first kappa shape index (κ1) is 17.5. The van der Waals surface area contributed by atoms with Gasteiger partial charge < -0.3 is 5.32 Å². The Morgan fingerprint density at radius 1 is 1.16 bits per heavy atom. The van der Waals surface area contributed by atoms with Crippen LogP contribution in [0.3, 0.4) is 0 Å². The van der Waals surface area contributed by atoms with Gasteiger partial charge in [0.05, 0.1) is 11.4 Å². The van der Waals surface area contributed by atoms with Crippen LogP contribution < -0.4 is 9.62 Å². The summed E-state index contributed by atoms with van der Waals surface area (Å²) in [4.78, 5) is 12.3. The zero-order valence-electron chi connectivity index (χ0n) is 14.2. The Kier molecular flexibility index (Phi) is 5.08. The largest absolute Gasteiger partial charge is 0.352 e. The summed E-state index contributed by atoms with van der Waals surface area (Å²) < 4.78 is 25.7. The van der Waals surface area contributed by atoms with Crippen LogP contribution in [0.2, 0.25) is 0 Å². The normalized spacial score (nSPS) is 13.6. The van der Waals surface area contributed by atoms with Gasteiger partial charge in [-0.2, -0.15) is 0 Å². The molecule has 0 radical (unpaired) electrons. The lowest BCUT2D eigenvalue weighted by molar-refractivity contribution is 0.0954. The van der Waals surface area contributed by atoms with Crippen molar-refractivity contribution < 1.29 is 13.2 Å². The summed E-state index contributed by atoms with van der Waals surface area (Å²) >= 11 is 0. The molecule has 0 unspecified atom stereocenters. The van der Waals surface area contributed by atoms with E-state index in [1.807, 2.05) is 30.3 Å². The summed E-state index contributed by atoms with van der Waals surface area (Å²) in [5.74, 6) is -0.0516. The second-order valence-corrected chi connectivity index (χ2v) is 8.24. The Bertz CT molecular complexity index is 863. The minimum atomic E-state index is -3.26. The minimum Gasteiger partial charge on any atom is -0.352 e. The van der Waals surface area contributed by atoms with Gasteiger partial charge in [-0.3, -0.25) is 9.10 Å². The zero-order valence-corrected chi connectivity index (χ0v) is 15.1. The van der Waals surface area contributed by atoms with E-state index in [4.69, 9.17) is 0 Å². The summed E-state index contributed by atoms with van der Waals surface area (Å²) in [7, 11) is -3.26. The molecule has 0 aromatic heterocycles. The van der Waals surface area contributed by atoms with E-state index in [0.717, 1.165) is 12.0 Å². The molecule has 0 spiro atoms. The van der Waals surface area contributed by atoms with Crippen LogP contribution in [0.1, 0.15) is 28.4 Å². The standard InChI is InChI=1S/C19H22N2O3S/c1-2-25(23,24)21-13-11-16-14-17(8-9-18(16)21)19(22)20-12-10-15-6-4-3-5-7-15/h3-9,14H,2,10-13H2,1H3,(H,20,22). The summed E-state index contributed by atoms with van der Waals surface area (Å²) in [5.41, 5.74) is 3.36. The number of anilines is 1. The smallest absolute Gasteiger partial charge is 0.251 e. The summed E-state index contributed by atoms with van der Waals surface area (Å²) in [6.45, 7) is 2.66. The van der Waals surface area contributed by atoms with E-state index in [2.05, 4.69) is 5.32 Å². The molecule has 6 heteroatoms. The molecule has 0 saturated heterocycles.